The first-order valence-electron chi connectivity index (χ1n) is 6.43. The molecule has 0 aromatic carbocycles. The van der Waals surface area contributed by atoms with E-state index < -0.39 is 0 Å². The first-order chi connectivity index (χ1) is 9.13. The highest BCUT2D eigenvalue weighted by atomic mass is 35.5. The molecule has 0 radical (unpaired) electrons. The summed E-state index contributed by atoms with van der Waals surface area (Å²) in [6.45, 7) is 6.36. The quantitative estimate of drug-likeness (QED) is 0.799. The van der Waals surface area contributed by atoms with Crippen molar-refractivity contribution in [3.63, 3.8) is 0 Å². The smallest absolute Gasteiger partial charge is 0.138 e. The number of thiophene rings is 1. The molecule has 0 saturated carbocycles. The van der Waals surface area contributed by atoms with Crippen LogP contribution in [0.3, 0.4) is 0 Å². The van der Waals surface area contributed by atoms with Crippen molar-refractivity contribution in [3.05, 3.63) is 39.4 Å². The standard InChI is InChI=1S/C14H18ClN3S/c1-4-10(11-6-5-7-19-11)18-14-12(9(2)3)13(15)16-8-17-14/h5-10H,4H2,1-3H3,(H,16,17,18). The summed E-state index contributed by atoms with van der Waals surface area (Å²) in [6.07, 6.45) is 2.51. The Morgan fingerprint density at radius 3 is 2.74 bits per heavy atom. The highest BCUT2D eigenvalue weighted by Gasteiger charge is 2.17. The fraction of sp³-hybridized carbons (Fsp3) is 0.429. The molecule has 19 heavy (non-hydrogen) atoms. The summed E-state index contributed by atoms with van der Waals surface area (Å²) in [6, 6.07) is 4.48. The van der Waals surface area contributed by atoms with E-state index in [-0.39, 0.29) is 12.0 Å². The molecule has 0 bridgehead atoms. The van der Waals surface area contributed by atoms with E-state index in [2.05, 4.69) is 53.6 Å². The summed E-state index contributed by atoms with van der Waals surface area (Å²) >= 11 is 7.94. The molecule has 2 aromatic heterocycles. The van der Waals surface area contributed by atoms with Gasteiger partial charge in [-0.2, -0.15) is 0 Å². The van der Waals surface area contributed by atoms with Crippen LogP contribution in [-0.2, 0) is 0 Å². The second-order valence-corrected chi connectivity index (χ2v) is 6.04. The first-order valence-corrected chi connectivity index (χ1v) is 7.69. The van der Waals surface area contributed by atoms with Gasteiger partial charge in [0.1, 0.15) is 17.3 Å². The van der Waals surface area contributed by atoms with Gasteiger partial charge in [-0.05, 0) is 23.8 Å². The minimum Gasteiger partial charge on any atom is -0.362 e. The highest BCUT2D eigenvalue weighted by Crippen LogP contribution is 2.32. The SMILES string of the molecule is CCC(Nc1ncnc(Cl)c1C(C)C)c1cccs1. The molecule has 0 spiro atoms. The van der Waals surface area contributed by atoms with E-state index in [1.165, 1.54) is 11.2 Å². The van der Waals surface area contributed by atoms with Gasteiger partial charge in [0.25, 0.3) is 0 Å². The summed E-state index contributed by atoms with van der Waals surface area (Å²) < 4.78 is 0. The maximum absolute atomic E-state index is 6.19. The lowest BCUT2D eigenvalue weighted by Crippen LogP contribution is -2.12. The van der Waals surface area contributed by atoms with Crippen molar-refractivity contribution in [2.24, 2.45) is 0 Å². The van der Waals surface area contributed by atoms with Crippen molar-refractivity contribution >= 4 is 28.8 Å². The van der Waals surface area contributed by atoms with Gasteiger partial charge in [-0.1, -0.05) is 38.4 Å². The Morgan fingerprint density at radius 1 is 1.37 bits per heavy atom. The largest absolute Gasteiger partial charge is 0.362 e. The number of nitrogens with one attached hydrogen (secondary N) is 1. The Morgan fingerprint density at radius 2 is 2.16 bits per heavy atom. The normalized spacial score (nSPS) is 12.7. The molecular formula is C14H18ClN3S. The maximum atomic E-state index is 6.19. The molecule has 0 saturated heterocycles. The van der Waals surface area contributed by atoms with E-state index in [4.69, 9.17) is 11.6 Å². The lowest BCUT2D eigenvalue weighted by Gasteiger charge is -2.20. The Kier molecular flexibility index (Phi) is 4.77. The Balaban J connectivity index is 2.30. The molecular weight excluding hydrogens is 278 g/mol. The van der Waals surface area contributed by atoms with Crippen LogP contribution in [-0.4, -0.2) is 9.97 Å². The number of aromatic nitrogens is 2. The van der Waals surface area contributed by atoms with Crippen LogP contribution < -0.4 is 5.32 Å². The lowest BCUT2D eigenvalue weighted by atomic mass is 10.1. The predicted octanol–water partition coefficient (Wildman–Crippen LogP) is 4.88. The minimum absolute atomic E-state index is 0.267. The third-order valence-corrected chi connectivity index (χ3v) is 4.31. The van der Waals surface area contributed by atoms with Crippen LogP contribution in [0.1, 0.15) is 49.6 Å². The second kappa shape index (κ2) is 6.35. The fourth-order valence-electron chi connectivity index (χ4n) is 2.03. The van der Waals surface area contributed by atoms with Gasteiger partial charge < -0.3 is 5.32 Å². The van der Waals surface area contributed by atoms with Crippen molar-refractivity contribution in [1.29, 1.82) is 0 Å². The fourth-order valence-corrected chi connectivity index (χ4v) is 3.24. The molecule has 0 aliphatic heterocycles. The van der Waals surface area contributed by atoms with Gasteiger partial charge in [0.15, 0.2) is 0 Å². The van der Waals surface area contributed by atoms with Crippen LogP contribution >= 0.6 is 22.9 Å². The summed E-state index contributed by atoms with van der Waals surface area (Å²) in [4.78, 5) is 9.74. The molecule has 0 fully saturated rings. The van der Waals surface area contributed by atoms with Gasteiger partial charge in [-0.3, -0.25) is 0 Å². The van der Waals surface area contributed by atoms with Gasteiger partial charge in [0, 0.05) is 10.4 Å². The van der Waals surface area contributed by atoms with E-state index in [0.29, 0.717) is 5.15 Å². The van der Waals surface area contributed by atoms with Crippen LogP contribution in [0.5, 0.6) is 0 Å². The molecule has 1 N–H and O–H groups in total. The topological polar surface area (TPSA) is 37.8 Å². The molecule has 0 amide bonds. The van der Waals surface area contributed by atoms with Crippen molar-refractivity contribution in [2.75, 3.05) is 5.32 Å². The molecule has 0 aliphatic carbocycles. The monoisotopic (exact) mass is 295 g/mol. The van der Waals surface area contributed by atoms with E-state index in [1.54, 1.807) is 11.3 Å². The van der Waals surface area contributed by atoms with Crippen LogP contribution in [0.15, 0.2) is 23.8 Å². The van der Waals surface area contributed by atoms with Crippen molar-refractivity contribution in [2.45, 2.75) is 39.2 Å². The zero-order chi connectivity index (χ0) is 13.8. The molecule has 2 aromatic rings. The number of nitrogens with zero attached hydrogens (tertiary/aromatic N) is 2. The lowest BCUT2D eigenvalue weighted by molar-refractivity contribution is 0.747. The van der Waals surface area contributed by atoms with Crippen molar-refractivity contribution in [1.82, 2.24) is 9.97 Å². The number of anilines is 1. The molecule has 3 nitrogen and oxygen atoms in total. The van der Waals surface area contributed by atoms with Crippen LogP contribution in [0.4, 0.5) is 5.82 Å². The number of rotatable bonds is 5. The van der Waals surface area contributed by atoms with E-state index in [0.717, 1.165) is 17.8 Å². The van der Waals surface area contributed by atoms with Crippen LogP contribution in [0.2, 0.25) is 5.15 Å². The minimum atomic E-state index is 0.267. The zero-order valence-electron chi connectivity index (χ0n) is 11.4. The molecule has 2 rings (SSSR count). The third kappa shape index (κ3) is 3.25. The van der Waals surface area contributed by atoms with E-state index in [1.807, 2.05) is 0 Å². The van der Waals surface area contributed by atoms with Gasteiger partial charge >= 0.3 is 0 Å². The number of halogens is 1. The van der Waals surface area contributed by atoms with Crippen LogP contribution in [0.25, 0.3) is 0 Å². The van der Waals surface area contributed by atoms with Gasteiger partial charge in [0.2, 0.25) is 0 Å². The van der Waals surface area contributed by atoms with Gasteiger partial charge in [-0.15, -0.1) is 11.3 Å². The van der Waals surface area contributed by atoms with Crippen molar-refractivity contribution in [3.8, 4) is 0 Å². The average Bonchev–Trinajstić information content (AvgIpc) is 2.89. The first kappa shape index (κ1) is 14.3. The predicted molar refractivity (Wildman–Crippen MR) is 82.1 cm³/mol. The summed E-state index contributed by atoms with van der Waals surface area (Å²) in [5.74, 6) is 1.13. The summed E-state index contributed by atoms with van der Waals surface area (Å²) in [5, 5.41) is 6.13. The molecule has 2 heterocycles. The molecule has 0 aliphatic rings. The number of hydrogen-bond acceptors (Lipinski definition) is 4. The molecule has 1 atom stereocenters. The van der Waals surface area contributed by atoms with Crippen molar-refractivity contribution < 1.29 is 0 Å². The summed E-state index contributed by atoms with van der Waals surface area (Å²) in [7, 11) is 0. The molecule has 102 valence electrons. The van der Waals surface area contributed by atoms with Gasteiger partial charge in [0.05, 0.1) is 6.04 Å². The Bertz CT molecular complexity index is 525. The summed E-state index contributed by atoms with van der Waals surface area (Å²) in [5.41, 5.74) is 0.985. The van der Waals surface area contributed by atoms with Crippen LogP contribution in [0, 0.1) is 0 Å². The van der Waals surface area contributed by atoms with E-state index in [9.17, 15) is 0 Å². The van der Waals surface area contributed by atoms with E-state index >= 15 is 0 Å². The maximum Gasteiger partial charge on any atom is 0.138 e. The molecule has 5 heteroatoms. The third-order valence-electron chi connectivity index (χ3n) is 3.02. The average molecular weight is 296 g/mol. The van der Waals surface area contributed by atoms with Gasteiger partial charge in [-0.25, -0.2) is 9.97 Å². The Labute approximate surface area is 123 Å². The molecule has 1 unspecified atom stereocenters. The highest BCUT2D eigenvalue weighted by molar-refractivity contribution is 7.10. The second-order valence-electron chi connectivity index (χ2n) is 4.70. The Hall–Kier alpha value is -1.13. The number of hydrogen-bond donors (Lipinski definition) is 1. The zero-order valence-corrected chi connectivity index (χ0v) is 12.9.